The summed E-state index contributed by atoms with van der Waals surface area (Å²) < 4.78 is 48.7. The Morgan fingerprint density at radius 3 is 2.00 bits per heavy atom. The van der Waals surface area contributed by atoms with Crippen LogP contribution < -0.4 is 5.14 Å². The van der Waals surface area contributed by atoms with Gasteiger partial charge in [-0.15, -0.1) is 0 Å². The molecule has 19 heavy (non-hydrogen) atoms. The van der Waals surface area contributed by atoms with Crippen LogP contribution in [-0.2, 0) is 20.0 Å². The van der Waals surface area contributed by atoms with Crippen molar-refractivity contribution in [1.82, 2.24) is 4.31 Å². The maximum Gasteiger partial charge on any atom is 0.244 e. The lowest BCUT2D eigenvalue weighted by atomic mass is 10.2. The number of sulfonamides is 2. The van der Waals surface area contributed by atoms with Crippen LogP contribution in [-0.4, -0.2) is 34.7 Å². The monoisotopic (exact) mass is 306 g/mol. The summed E-state index contributed by atoms with van der Waals surface area (Å²) in [7, 11) is -6.55. The van der Waals surface area contributed by atoms with Crippen LogP contribution in [0.3, 0.4) is 0 Å². The summed E-state index contributed by atoms with van der Waals surface area (Å²) in [6.07, 6.45) is 0. The quantitative estimate of drug-likeness (QED) is 0.861. The van der Waals surface area contributed by atoms with E-state index in [2.05, 4.69) is 0 Å². The summed E-state index contributed by atoms with van der Waals surface area (Å²) >= 11 is 0. The van der Waals surface area contributed by atoms with Gasteiger partial charge in [-0.25, -0.2) is 26.3 Å². The van der Waals surface area contributed by atoms with Gasteiger partial charge in [-0.05, 0) is 18.1 Å². The van der Waals surface area contributed by atoms with Crippen LogP contribution in [0.5, 0.6) is 0 Å². The number of nitrogens with two attached hydrogens (primary N) is 1. The minimum absolute atomic E-state index is 0.126. The molecule has 8 heteroatoms. The number of nitrogens with zero attached hydrogens (tertiary/aromatic N) is 1. The Kier molecular flexibility index (Phi) is 4.72. The molecule has 0 aliphatic heterocycles. The van der Waals surface area contributed by atoms with Gasteiger partial charge >= 0.3 is 0 Å². The third kappa shape index (κ3) is 3.75. The maximum absolute atomic E-state index is 12.3. The van der Waals surface area contributed by atoms with Gasteiger partial charge in [0.2, 0.25) is 20.0 Å². The molecule has 0 radical (unpaired) electrons. The van der Waals surface area contributed by atoms with Crippen molar-refractivity contribution in [2.24, 2.45) is 11.1 Å². The fraction of sp³-hybridized carbons (Fsp3) is 0.455. The molecule has 0 spiro atoms. The first-order chi connectivity index (χ1) is 8.56. The van der Waals surface area contributed by atoms with E-state index in [0.29, 0.717) is 6.54 Å². The average Bonchev–Trinajstić information content (AvgIpc) is 2.27. The molecule has 1 rings (SSSR count). The van der Waals surface area contributed by atoms with Crippen molar-refractivity contribution in [1.29, 1.82) is 0 Å². The number of rotatable bonds is 5. The first-order valence-electron chi connectivity index (χ1n) is 5.65. The highest BCUT2D eigenvalue weighted by Gasteiger charge is 2.27. The van der Waals surface area contributed by atoms with E-state index < -0.39 is 20.0 Å². The van der Waals surface area contributed by atoms with E-state index in [-0.39, 0.29) is 15.7 Å². The van der Waals surface area contributed by atoms with Crippen molar-refractivity contribution in [3.63, 3.8) is 0 Å². The van der Waals surface area contributed by atoms with Crippen molar-refractivity contribution in [3.8, 4) is 0 Å². The lowest BCUT2D eigenvalue weighted by molar-refractivity contribution is 0.416. The van der Waals surface area contributed by atoms with Gasteiger partial charge in [-0.3, -0.25) is 0 Å². The molecule has 0 fully saturated rings. The van der Waals surface area contributed by atoms with Gasteiger partial charge < -0.3 is 0 Å². The van der Waals surface area contributed by atoms with Crippen LogP contribution in [0.1, 0.15) is 13.8 Å². The van der Waals surface area contributed by atoms with E-state index in [1.54, 1.807) is 0 Å². The van der Waals surface area contributed by atoms with Crippen LogP contribution in [0.25, 0.3) is 0 Å². The second-order valence-electron chi connectivity index (χ2n) is 4.67. The standard InChI is InChI=1S/C11H18N2O4S2/c1-9(2)8-13(3)19(16,17)11-7-5-4-6-10(11)18(12,14)15/h4-7,9H,8H2,1-3H3,(H2,12,14,15). The zero-order valence-electron chi connectivity index (χ0n) is 11.1. The molecular formula is C11H18N2O4S2. The SMILES string of the molecule is CC(C)CN(C)S(=O)(=O)c1ccccc1S(N)(=O)=O. The second-order valence-corrected chi connectivity index (χ2v) is 8.21. The lowest BCUT2D eigenvalue weighted by Gasteiger charge is -2.20. The van der Waals surface area contributed by atoms with Crippen molar-refractivity contribution >= 4 is 20.0 Å². The van der Waals surface area contributed by atoms with Crippen LogP contribution in [0.4, 0.5) is 0 Å². The van der Waals surface area contributed by atoms with Gasteiger partial charge in [0.05, 0.1) is 0 Å². The summed E-state index contributed by atoms with van der Waals surface area (Å²) in [5, 5.41) is 5.04. The summed E-state index contributed by atoms with van der Waals surface area (Å²) in [5.41, 5.74) is 0. The first kappa shape index (κ1) is 16.1. The average molecular weight is 306 g/mol. The Morgan fingerprint density at radius 1 is 1.11 bits per heavy atom. The molecule has 0 aliphatic carbocycles. The molecular weight excluding hydrogens is 288 g/mol. The Labute approximate surface area is 114 Å². The molecule has 6 nitrogen and oxygen atoms in total. The Morgan fingerprint density at radius 2 is 1.58 bits per heavy atom. The molecule has 2 N–H and O–H groups in total. The Bertz CT molecular complexity index is 651. The topological polar surface area (TPSA) is 97.5 Å². The molecule has 0 heterocycles. The molecule has 0 atom stereocenters. The van der Waals surface area contributed by atoms with E-state index in [1.807, 2.05) is 13.8 Å². The molecule has 0 aliphatic rings. The van der Waals surface area contributed by atoms with E-state index in [4.69, 9.17) is 5.14 Å². The third-order valence-electron chi connectivity index (χ3n) is 2.47. The summed E-state index contributed by atoms with van der Waals surface area (Å²) in [4.78, 5) is -0.675. The number of benzene rings is 1. The highest BCUT2D eigenvalue weighted by molar-refractivity contribution is 7.92. The van der Waals surface area contributed by atoms with Gasteiger partial charge in [0.15, 0.2) is 0 Å². The Hall–Kier alpha value is -0.960. The number of hydrogen-bond acceptors (Lipinski definition) is 4. The normalized spacial score (nSPS) is 13.2. The smallest absolute Gasteiger partial charge is 0.225 e. The molecule has 1 aromatic carbocycles. The third-order valence-corrected chi connectivity index (χ3v) is 5.45. The molecule has 1 aromatic rings. The highest BCUT2D eigenvalue weighted by atomic mass is 32.2. The van der Waals surface area contributed by atoms with E-state index in [1.165, 1.54) is 31.3 Å². The van der Waals surface area contributed by atoms with Crippen LogP contribution >= 0.6 is 0 Å². The zero-order valence-corrected chi connectivity index (χ0v) is 12.7. The minimum atomic E-state index is -4.08. The van der Waals surface area contributed by atoms with Gasteiger partial charge in [-0.1, -0.05) is 26.0 Å². The molecule has 0 amide bonds. The van der Waals surface area contributed by atoms with Crippen molar-refractivity contribution < 1.29 is 16.8 Å². The predicted octanol–water partition coefficient (Wildman–Crippen LogP) is 0.611. The summed E-state index contributed by atoms with van der Waals surface area (Å²) in [6, 6.07) is 5.32. The highest BCUT2D eigenvalue weighted by Crippen LogP contribution is 2.22. The van der Waals surface area contributed by atoms with Crippen molar-refractivity contribution in [3.05, 3.63) is 24.3 Å². The van der Waals surface area contributed by atoms with E-state index in [0.717, 1.165) is 4.31 Å². The van der Waals surface area contributed by atoms with Crippen LogP contribution in [0, 0.1) is 5.92 Å². The first-order valence-corrected chi connectivity index (χ1v) is 8.63. The molecule has 0 unspecified atom stereocenters. The zero-order chi connectivity index (χ0) is 14.8. The Balaban J connectivity index is 3.38. The van der Waals surface area contributed by atoms with E-state index in [9.17, 15) is 16.8 Å². The summed E-state index contributed by atoms with van der Waals surface area (Å²) in [6.45, 7) is 4.04. The molecule has 0 saturated carbocycles. The summed E-state index contributed by atoms with van der Waals surface area (Å²) in [5.74, 6) is 0.126. The fourth-order valence-corrected chi connectivity index (χ4v) is 4.36. The lowest BCUT2D eigenvalue weighted by Crippen LogP contribution is -2.32. The van der Waals surface area contributed by atoms with Crippen molar-refractivity contribution in [2.45, 2.75) is 23.6 Å². The predicted molar refractivity (Wildman–Crippen MR) is 72.5 cm³/mol. The number of primary sulfonamides is 1. The second kappa shape index (κ2) is 5.58. The molecule has 0 bridgehead atoms. The fourth-order valence-electron chi connectivity index (χ4n) is 1.68. The number of hydrogen-bond donors (Lipinski definition) is 1. The largest absolute Gasteiger partial charge is 0.244 e. The minimum Gasteiger partial charge on any atom is -0.225 e. The van der Waals surface area contributed by atoms with Gasteiger partial charge in [0.1, 0.15) is 9.79 Å². The van der Waals surface area contributed by atoms with Crippen LogP contribution in [0.15, 0.2) is 34.1 Å². The van der Waals surface area contributed by atoms with Crippen LogP contribution in [0.2, 0.25) is 0 Å². The maximum atomic E-state index is 12.3. The van der Waals surface area contributed by atoms with E-state index >= 15 is 0 Å². The molecule has 108 valence electrons. The van der Waals surface area contributed by atoms with Gasteiger partial charge in [0.25, 0.3) is 0 Å². The van der Waals surface area contributed by atoms with Gasteiger partial charge in [0, 0.05) is 13.6 Å². The van der Waals surface area contributed by atoms with Crippen molar-refractivity contribution in [2.75, 3.05) is 13.6 Å². The van der Waals surface area contributed by atoms with Gasteiger partial charge in [-0.2, -0.15) is 0 Å². The molecule has 0 saturated heterocycles. The molecule has 0 aromatic heterocycles.